The van der Waals surface area contributed by atoms with Gasteiger partial charge in [-0.3, -0.25) is 4.99 Å². The van der Waals surface area contributed by atoms with Crippen LogP contribution < -0.4 is 5.32 Å². The molecule has 4 nitrogen and oxygen atoms in total. The van der Waals surface area contributed by atoms with Crippen molar-refractivity contribution >= 4 is 17.3 Å². The monoisotopic (exact) mass is 309 g/mol. The van der Waals surface area contributed by atoms with Crippen molar-refractivity contribution in [1.82, 2.24) is 10.2 Å². The molecule has 0 unspecified atom stereocenters. The smallest absolute Gasteiger partial charge is 0.193 e. The molecule has 2 rings (SSSR count). The number of aliphatic hydroxyl groups is 1. The first-order valence-corrected chi connectivity index (χ1v) is 8.75. The second kappa shape index (κ2) is 7.80. The van der Waals surface area contributed by atoms with E-state index in [1.807, 2.05) is 0 Å². The van der Waals surface area contributed by atoms with E-state index in [1.54, 1.807) is 11.3 Å². The van der Waals surface area contributed by atoms with Gasteiger partial charge in [0, 0.05) is 25.0 Å². The lowest BCUT2D eigenvalue weighted by Crippen LogP contribution is -2.41. The summed E-state index contributed by atoms with van der Waals surface area (Å²) in [5.74, 6) is 0.898. The highest BCUT2D eigenvalue weighted by Crippen LogP contribution is 2.29. The molecule has 0 amide bonds. The summed E-state index contributed by atoms with van der Waals surface area (Å²) in [4.78, 5) is 8.20. The maximum atomic E-state index is 10.4. The Morgan fingerprint density at radius 2 is 2.24 bits per heavy atom. The number of rotatable bonds is 6. The lowest BCUT2D eigenvalue weighted by molar-refractivity contribution is 0.0572. The summed E-state index contributed by atoms with van der Waals surface area (Å²) in [7, 11) is 2.06. The van der Waals surface area contributed by atoms with Crippen molar-refractivity contribution < 1.29 is 5.11 Å². The molecule has 0 saturated heterocycles. The molecule has 1 aromatic rings. The molecule has 1 aromatic heterocycles. The average molecular weight is 309 g/mol. The van der Waals surface area contributed by atoms with E-state index in [9.17, 15) is 5.11 Å². The van der Waals surface area contributed by atoms with Crippen LogP contribution in [0.4, 0.5) is 0 Å². The van der Waals surface area contributed by atoms with E-state index in [-0.39, 0.29) is 0 Å². The van der Waals surface area contributed by atoms with Crippen molar-refractivity contribution in [2.75, 3.05) is 26.7 Å². The summed E-state index contributed by atoms with van der Waals surface area (Å²) in [6, 6.07) is 4.26. The van der Waals surface area contributed by atoms with Gasteiger partial charge in [0.2, 0.25) is 0 Å². The predicted octanol–water partition coefficient (Wildman–Crippen LogP) is 2.49. The lowest BCUT2D eigenvalue weighted by Gasteiger charge is -2.24. The number of hydrogen-bond acceptors (Lipinski definition) is 3. The van der Waals surface area contributed by atoms with Crippen molar-refractivity contribution in [2.24, 2.45) is 4.99 Å². The number of likely N-dealkylation sites (N-methyl/N-ethyl adjacent to an activating group) is 1. The van der Waals surface area contributed by atoms with Crippen molar-refractivity contribution in [2.45, 2.75) is 44.6 Å². The quantitative estimate of drug-likeness (QED) is 0.627. The van der Waals surface area contributed by atoms with Crippen LogP contribution >= 0.6 is 11.3 Å². The topological polar surface area (TPSA) is 47.9 Å². The molecule has 118 valence electrons. The first kappa shape index (κ1) is 16.3. The number of hydrogen-bond donors (Lipinski definition) is 2. The van der Waals surface area contributed by atoms with Crippen LogP contribution in [0.5, 0.6) is 0 Å². The highest BCUT2D eigenvalue weighted by atomic mass is 32.1. The first-order chi connectivity index (χ1) is 10.1. The fraction of sp³-hybridized carbons (Fsp3) is 0.688. The summed E-state index contributed by atoms with van der Waals surface area (Å²) in [6.07, 6.45) is 5.04. The van der Waals surface area contributed by atoms with E-state index in [1.165, 1.54) is 4.88 Å². The Balaban J connectivity index is 1.89. The SMILES string of the molecule is CCNC(=NCC1(O)CCCC1)N(C)CCc1cccs1. The average Bonchev–Trinajstić information content (AvgIpc) is 3.13. The molecule has 2 N–H and O–H groups in total. The van der Waals surface area contributed by atoms with Gasteiger partial charge in [0.25, 0.3) is 0 Å². The zero-order valence-corrected chi connectivity index (χ0v) is 14.0. The van der Waals surface area contributed by atoms with Gasteiger partial charge in [0.15, 0.2) is 5.96 Å². The number of nitrogens with zero attached hydrogens (tertiary/aromatic N) is 2. The maximum absolute atomic E-state index is 10.4. The molecule has 0 aliphatic heterocycles. The zero-order chi connectivity index (χ0) is 15.1. The van der Waals surface area contributed by atoms with Gasteiger partial charge in [0.1, 0.15) is 0 Å². The summed E-state index contributed by atoms with van der Waals surface area (Å²) in [5.41, 5.74) is -0.574. The Morgan fingerprint density at radius 1 is 1.48 bits per heavy atom. The second-order valence-corrected chi connectivity index (χ2v) is 6.88. The number of guanidine groups is 1. The van der Waals surface area contributed by atoms with Gasteiger partial charge >= 0.3 is 0 Å². The van der Waals surface area contributed by atoms with E-state index in [2.05, 4.69) is 46.7 Å². The summed E-state index contributed by atoms with van der Waals surface area (Å²) < 4.78 is 0. The van der Waals surface area contributed by atoms with Crippen molar-refractivity contribution in [1.29, 1.82) is 0 Å². The zero-order valence-electron chi connectivity index (χ0n) is 13.1. The molecule has 1 heterocycles. The molecular formula is C16H27N3OS. The van der Waals surface area contributed by atoms with Crippen LogP contribution in [0.2, 0.25) is 0 Å². The molecule has 5 heteroatoms. The molecule has 0 bridgehead atoms. The van der Waals surface area contributed by atoms with Crippen molar-refractivity contribution in [3.63, 3.8) is 0 Å². The maximum Gasteiger partial charge on any atom is 0.193 e. The van der Waals surface area contributed by atoms with E-state index < -0.39 is 5.60 Å². The van der Waals surface area contributed by atoms with Crippen LogP contribution in [0.3, 0.4) is 0 Å². The minimum absolute atomic E-state index is 0.513. The summed E-state index contributed by atoms with van der Waals surface area (Å²) >= 11 is 1.80. The molecule has 0 spiro atoms. The van der Waals surface area contributed by atoms with Crippen molar-refractivity contribution in [3.05, 3.63) is 22.4 Å². The lowest BCUT2D eigenvalue weighted by atomic mass is 10.0. The van der Waals surface area contributed by atoms with E-state index in [0.717, 1.165) is 51.2 Å². The molecule has 1 aliphatic carbocycles. The minimum atomic E-state index is -0.574. The fourth-order valence-electron chi connectivity index (χ4n) is 2.72. The molecule has 0 radical (unpaired) electrons. The first-order valence-electron chi connectivity index (χ1n) is 7.87. The fourth-order valence-corrected chi connectivity index (χ4v) is 3.42. The summed E-state index contributed by atoms with van der Waals surface area (Å²) in [6.45, 7) is 4.37. The van der Waals surface area contributed by atoms with Gasteiger partial charge in [-0.25, -0.2) is 0 Å². The molecule has 1 aliphatic rings. The van der Waals surface area contributed by atoms with Gasteiger partial charge in [0.05, 0.1) is 12.1 Å². The van der Waals surface area contributed by atoms with Crippen LogP contribution in [0.1, 0.15) is 37.5 Å². The molecule has 1 fully saturated rings. The van der Waals surface area contributed by atoms with Gasteiger partial charge < -0.3 is 15.3 Å². The van der Waals surface area contributed by atoms with Gasteiger partial charge in [-0.1, -0.05) is 18.9 Å². The summed E-state index contributed by atoms with van der Waals surface area (Å²) in [5, 5.41) is 15.9. The van der Waals surface area contributed by atoms with Crippen molar-refractivity contribution in [3.8, 4) is 0 Å². The van der Waals surface area contributed by atoms with Crippen LogP contribution in [-0.2, 0) is 6.42 Å². The largest absolute Gasteiger partial charge is 0.388 e. The third kappa shape index (κ3) is 5.00. The Morgan fingerprint density at radius 3 is 2.86 bits per heavy atom. The number of nitrogens with one attached hydrogen (secondary N) is 1. The second-order valence-electron chi connectivity index (χ2n) is 5.85. The Hall–Kier alpha value is -1.07. The van der Waals surface area contributed by atoms with E-state index in [4.69, 9.17) is 0 Å². The predicted molar refractivity (Wildman–Crippen MR) is 90.0 cm³/mol. The minimum Gasteiger partial charge on any atom is -0.388 e. The highest BCUT2D eigenvalue weighted by molar-refractivity contribution is 7.09. The molecule has 0 aromatic carbocycles. The molecule has 1 saturated carbocycles. The van der Waals surface area contributed by atoms with E-state index in [0.29, 0.717) is 6.54 Å². The van der Waals surface area contributed by atoms with Crippen LogP contribution in [0.15, 0.2) is 22.5 Å². The Labute approximate surface area is 131 Å². The van der Waals surface area contributed by atoms with Crippen LogP contribution in [-0.4, -0.2) is 48.2 Å². The normalized spacial score (nSPS) is 18.0. The molecule has 0 atom stereocenters. The standard InChI is InChI=1S/C16H27N3OS/c1-3-17-15(18-13-16(20)9-4-5-10-16)19(2)11-8-14-7-6-12-21-14/h6-7,12,20H,3-5,8-11,13H2,1-2H3,(H,17,18). The molecule has 21 heavy (non-hydrogen) atoms. The Kier molecular flexibility index (Phi) is 6.06. The van der Waals surface area contributed by atoms with Gasteiger partial charge in [-0.15, -0.1) is 11.3 Å². The third-order valence-electron chi connectivity index (χ3n) is 4.03. The number of thiophene rings is 1. The van der Waals surface area contributed by atoms with E-state index >= 15 is 0 Å². The Bertz CT molecular complexity index is 438. The number of aliphatic imine (C=N–C) groups is 1. The third-order valence-corrected chi connectivity index (χ3v) is 4.96. The van der Waals surface area contributed by atoms with Gasteiger partial charge in [-0.2, -0.15) is 0 Å². The van der Waals surface area contributed by atoms with Gasteiger partial charge in [-0.05, 0) is 37.6 Å². The van der Waals surface area contributed by atoms with Crippen LogP contribution in [0.25, 0.3) is 0 Å². The highest BCUT2D eigenvalue weighted by Gasteiger charge is 2.30. The molecular weight excluding hydrogens is 282 g/mol. The van der Waals surface area contributed by atoms with Crippen LogP contribution in [0, 0.1) is 0 Å².